The van der Waals surface area contributed by atoms with E-state index < -0.39 is 64.2 Å². The van der Waals surface area contributed by atoms with Gasteiger partial charge < -0.3 is 27.5 Å². The lowest BCUT2D eigenvalue weighted by Crippen LogP contribution is -2.14. The number of hydrogen-bond acceptors (Lipinski definition) is 12. The zero-order valence-corrected chi connectivity index (χ0v) is 22.8. The molecule has 0 bridgehead atoms. The molecule has 0 aliphatic rings. The van der Waals surface area contributed by atoms with Gasteiger partial charge in [-0.05, 0) is 24.3 Å². The second kappa shape index (κ2) is 9.54. The highest BCUT2D eigenvalue weighted by atomic mass is 32.5. The van der Waals surface area contributed by atoms with Crippen molar-refractivity contribution in [3.63, 3.8) is 0 Å². The van der Waals surface area contributed by atoms with Crippen LogP contribution in [-0.4, -0.2) is 30.4 Å². The third-order valence-corrected chi connectivity index (χ3v) is 7.19. The van der Waals surface area contributed by atoms with Gasteiger partial charge in [0.1, 0.15) is 33.3 Å². The average molecular weight is 701 g/mol. The largest absolute Gasteiger partial charge is 0.368 e. The smallest absolute Gasteiger partial charge is 0.311 e. The van der Waals surface area contributed by atoms with Crippen LogP contribution in [0.2, 0.25) is 0 Å². The van der Waals surface area contributed by atoms with E-state index in [0.29, 0.717) is 6.07 Å². The number of rotatable bonds is 7. The fraction of sp³-hybridized carbons (Fsp3) is 0. The van der Waals surface area contributed by atoms with Gasteiger partial charge in [0, 0.05) is 11.4 Å². The summed E-state index contributed by atoms with van der Waals surface area (Å²) in [4.78, 5) is 2.00. The molecule has 0 amide bonds. The number of benzene rings is 2. The summed E-state index contributed by atoms with van der Waals surface area (Å²) in [5.41, 5.74) is 7.21. The number of nitrogens with one attached hydrogen (secondary N) is 5. The molecule has 4 rings (SSSR count). The topological polar surface area (TPSA) is 245 Å². The van der Waals surface area contributed by atoms with Gasteiger partial charge in [-0.2, -0.15) is 20.5 Å². The number of halogens is 11. The van der Waals surface area contributed by atoms with Crippen molar-refractivity contribution in [3.8, 4) is 12.1 Å². The van der Waals surface area contributed by atoms with Crippen LogP contribution in [0.25, 0.3) is 0 Å². The maximum absolute atomic E-state index is 13.5. The molecule has 45 heavy (non-hydrogen) atoms. The maximum Gasteiger partial charge on any atom is 0.311 e. The quantitative estimate of drug-likeness (QED) is 0.0567. The van der Waals surface area contributed by atoms with Crippen molar-refractivity contribution in [1.82, 2.24) is 30.4 Å². The van der Waals surface area contributed by atoms with Crippen molar-refractivity contribution in [3.05, 3.63) is 41.2 Å². The first-order valence-corrected chi connectivity index (χ1v) is 14.7. The fourth-order valence-electron chi connectivity index (χ4n) is 3.21. The lowest BCUT2D eigenvalue weighted by atomic mass is 10.1. The van der Waals surface area contributed by atoms with Gasteiger partial charge in [0.15, 0.2) is 0 Å². The first kappa shape index (κ1) is 34.1. The Morgan fingerprint density at radius 2 is 1.07 bits per heavy atom. The standard InChI is InChI=1S/C9H6F6N6S.C9H9F5N8S/c10-6-1-4(18-9-19-8(17)20-21-9)2-7(5(6)3-16)22(11,12,13,14)15;10-23(11,12,13,14)7-2-4(1-6(20-17)5(7)3-15)18-9-19-8(16)21-22-9/h1-2H,(H4,17,18,19,20,21);1-2,20H,17H2,(H4,16,18,19,21,22). The molecule has 0 radical (unpaired) electrons. The van der Waals surface area contributed by atoms with Crippen molar-refractivity contribution in [2.75, 3.05) is 27.5 Å². The molecular weight excluding hydrogens is 685 g/mol. The molecule has 0 aliphatic carbocycles. The molecule has 14 nitrogen and oxygen atoms in total. The summed E-state index contributed by atoms with van der Waals surface area (Å²) in [5.74, 6) is 2.26. The van der Waals surface area contributed by atoms with E-state index in [0.717, 1.165) is 18.2 Å². The Labute approximate surface area is 242 Å². The summed E-state index contributed by atoms with van der Waals surface area (Å²) < 4.78 is 144. The van der Waals surface area contributed by atoms with Crippen LogP contribution in [-0.2, 0) is 0 Å². The van der Waals surface area contributed by atoms with Gasteiger partial charge in [-0.3, -0.25) is 5.84 Å². The number of nitrogens with zero attached hydrogens (tertiary/aromatic N) is 6. The lowest BCUT2D eigenvalue weighted by molar-refractivity contribution is 0.359. The van der Waals surface area contributed by atoms with Crippen molar-refractivity contribution >= 4 is 61.3 Å². The first-order valence-electron chi connectivity index (χ1n) is 10.8. The van der Waals surface area contributed by atoms with Gasteiger partial charge in [-0.25, -0.2) is 14.6 Å². The molecule has 0 fully saturated rings. The minimum Gasteiger partial charge on any atom is -0.368 e. The van der Waals surface area contributed by atoms with E-state index in [1.807, 2.05) is 0 Å². The van der Waals surface area contributed by atoms with Gasteiger partial charge in [0.2, 0.25) is 23.8 Å². The van der Waals surface area contributed by atoms with E-state index in [4.69, 9.17) is 27.8 Å². The van der Waals surface area contributed by atoms with Crippen molar-refractivity contribution in [2.45, 2.75) is 9.79 Å². The van der Waals surface area contributed by atoms with Crippen LogP contribution in [0, 0.1) is 28.5 Å². The molecule has 0 aliphatic heterocycles. The fourth-order valence-corrected chi connectivity index (χ4v) is 4.98. The molecule has 246 valence electrons. The van der Waals surface area contributed by atoms with E-state index in [1.54, 1.807) is 5.43 Å². The zero-order chi connectivity index (χ0) is 34.4. The lowest BCUT2D eigenvalue weighted by Gasteiger charge is -2.41. The van der Waals surface area contributed by atoms with E-state index in [-0.39, 0.29) is 35.9 Å². The predicted octanol–water partition coefficient (Wildman–Crippen LogP) is 6.74. The van der Waals surface area contributed by atoms with Crippen molar-refractivity contribution in [1.29, 1.82) is 10.5 Å². The van der Waals surface area contributed by atoms with Crippen LogP contribution >= 0.6 is 20.4 Å². The summed E-state index contributed by atoms with van der Waals surface area (Å²) in [5, 5.41) is 32.8. The number of nitriles is 2. The molecule has 2 heterocycles. The number of hydrazine groups is 1. The molecular formula is C18H15F11N14S2. The SMILES string of the molecule is N#Cc1c(F)cc(Nc2n[nH]c(N)n2)cc1S(F)(F)(F)(F)F.N#Cc1c(NN)cc(Nc2n[nH]c(N)n2)cc1S(F)(F)(F)(F)F. The van der Waals surface area contributed by atoms with Crippen LogP contribution in [0.4, 0.5) is 84.1 Å². The van der Waals surface area contributed by atoms with E-state index >= 15 is 0 Å². The summed E-state index contributed by atoms with van der Waals surface area (Å²) in [6.07, 6.45) is 0. The van der Waals surface area contributed by atoms with Gasteiger partial charge in [0.05, 0.1) is 11.3 Å². The number of nitrogen functional groups attached to an aromatic ring is 3. The van der Waals surface area contributed by atoms with Crippen molar-refractivity contribution < 1.29 is 43.2 Å². The maximum atomic E-state index is 13.5. The first-order chi connectivity index (χ1) is 20.1. The van der Waals surface area contributed by atoms with E-state index in [2.05, 4.69) is 41.0 Å². The Morgan fingerprint density at radius 3 is 1.40 bits per heavy atom. The van der Waals surface area contributed by atoms with Gasteiger partial charge in [0.25, 0.3) is 0 Å². The molecule has 4 aromatic rings. The second-order valence-electron chi connectivity index (χ2n) is 8.37. The normalized spacial score (nSPS) is 14.6. The zero-order valence-electron chi connectivity index (χ0n) is 21.2. The number of aromatic amines is 2. The van der Waals surface area contributed by atoms with Crippen molar-refractivity contribution in [2.24, 2.45) is 5.84 Å². The number of nitrogens with two attached hydrogens (primary N) is 3. The Balaban J connectivity index is 0.000000246. The highest BCUT2D eigenvalue weighted by Crippen LogP contribution is 3.03. The van der Waals surface area contributed by atoms with Crippen LogP contribution in [0.15, 0.2) is 34.1 Å². The van der Waals surface area contributed by atoms with Gasteiger partial charge in [-0.1, -0.05) is 38.9 Å². The molecule has 0 saturated heterocycles. The molecule has 0 unspecified atom stereocenters. The third-order valence-electron chi connectivity index (χ3n) is 4.88. The van der Waals surface area contributed by atoms with Crippen LogP contribution in [0.3, 0.4) is 0 Å². The monoisotopic (exact) mass is 700 g/mol. The predicted molar refractivity (Wildman–Crippen MR) is 141 cm³/mol. The number of H-pyrrole nitrogens is 2. The Bertz CT molecular complexity index is 1880. The summed E-state index contributed by atoms with van der Waals surface area (Å²) in [6, 6.07) is 3.19. The molecule has 0 spiro atoms. The van der Waals surface area contributed by atoms with Crippen LogP contribution < -0.4 is 33.4 Å². The van der Waals surface area contributed by atoms with E-state index in [9.17, 15) is 43.2 Å². The minimum absolute atomic E-state index is 0.0769. The Kier molecular flexibility index (Phi) is 7.23. The number of hydrogen-bond donors (Lipinski definition) is 8. The number of anilines is 7. The Hall–Kier alpha value is -5.41. The minimum atomic E-state index is -10.3. The second-order valence-corrected chi connectivity index (χ2v) is 13.1. The van der Waals surface area contributed by atoms with Crippen LogP contribution in [0.1, 0.15) is 11.1 Å². The highest BCUT2D eigenvalue weighted by molar-refractivity contribution is 8.46. The van der Waals surface area contributed by atoms with Gasteiger partial charge in [-0.15, -0.1) is 10.2 Å². The molecule has 2 aromatic heterocycles. The molecule has 11 N–H and O–H groups in total. The number of aromatic nitrogens is 6. The molecule has 0 saturated carbocycles. The molecule has 0 atom stereocenters. The Morgan fingerprint density at radius 1 is 0.667 bits per heavy atom. The van der Waals surface area contributed by atoms with E-state index in [1.165, 1.54) is 0 Å². The molecule has 27 heteroatoms. The third kappa shape index (κ3) is 8.36. The molecule has 2 aromatic carbocycles. The summed E-state index contributed by atoms with van der Waals surface area (Å²) >= 11 is 0. The van der Waals surface area contributed by atoms with Crippen LogP contribution in [0.5, 0.6) is 0 Å². The van der Waals surface area contributed by atoms with Gasteiger partial charge >= 0.3 is 20.4 Å². The average Bonchev–Trinajstić information content (AvgIpc) is 3.47. The highest BCUT2D eigenvalue weighted by Gasteiger charge is 2.68. The summed E-state index contributed by atoms with van der Waals surface area (Å²) in [7, 11) is -20.4. The summed E-state index contributed by atoms with van der Waals surface area (Å²) in [6.45, 7) is 0.